The van der Waals surface area contributed by atoms with Gasteiger partial charge in [0.15, 0.2) is 0 Å². The number of hydrogen-bond acceptors (Lipinski definition) is 1. The van der Waals surface area contributed by atoms with Gasteiger partial charge in [0.05, 0.1) is 5.56 Å². The molecule has 1 aromatic carbocycles. The van der Waals surface area contributed by atoms with Crippen LogP contribution in [0.25, 0.3) is 0 Å². The molecule has 0 bridgehead atoms. The van der Waals surface area contributed by atoms with Crippen LogP contribution in [0.4, 0.5) is 13.2 Å². The molecule has 0 aliphatic heterocycles. The quantitative estimate of drug-likeness (QED) is 0.790. The van der Waals surface area contributed by atoms with Crippen molar-refractivity contribution in [3.63, 3.8) is 0 Å². The van der Waals surface area contributed by atoms with E-state index in [0.29, 0.717) is 10.7 Å². The lowest BCUT2D eigenvalue weighted by molar-refractivity contribution is -0.137. The topological polar surface area (TPSA) is 12.9 Å². The summed E-state index contributed by atoms with van der Waals surface area (Å²) >= 11 is 5.81. The molecular formula is C13H8ClF3N. The highest BCUT2D eigenvalue weighted by Crippen LogP contribution is 2.28. The highest BCUT2D eigenvalue weighted by Gasteiger charge is 2.30. The summed E-state index contributed by atoms with van der Waals surface area (Å²) in [4.78, 5) is 3.75. The molecule has 0 amide bonds. The molecule has 0 aliphatic rings. The van der Waals surface area contributed by atoms with E-state index < -0.39 is 11.7 Å². The van der Waals surface area contributed by atoms with E-state index in [1.54, 1.807) is 30.7 Å². The molecule has 93 valence electrons. The van der Waals surface area contributed by atoms with Crippen LogP contribution in [-0.4, -0.2) is 4.98 Å². The van der Waals surface area contributed by atoms with E-state index in [9.17, 15) is 13.2 Å². The maximum absolute atomic E-state index is 12.3. The van der Waals surface area contributed by atoms with Crippen molar-refractivity contribution in [1.29, 1.82) is 0 Å². The zero-order valence-corrected chi connectivity index (χ0v) is 9.83. The van der Waals surface area contributed by atoms with Crippen LogP contribution in [0.5, 0.6) is 0 Å². The Kier molecular flexibility index (Phi) is 3.57. The van der Waals surface area contributed by atoms with Gasteiger partial charge >= 0.3 is 6.18 Å². The van der Waals surface area contributed by atoms with Gasteiger partial charge < -0.3 is 0 Å². The number of aromatic nitrogens is 1. The highest BCUT2D eigenvalue weighted by atomic mass is 35.5. The molecule has 1 aromatic heterocycles. The second-order valence-corrected chi connectivity index (χ2v) is 4.11. The minimum absolute atomic E-state index is 0.449. The van der Waals surface area contributed by atoms with E-state index in [-0.39, 0.29) is 0 Å². The predicted molar refractivity (Wildman–Crippen MR) is 63.2 cm³/mol. The lowest BCUT2D eigenvalue weighted by atomic mass is 10.1. The first-order valence-corrected chi connectivity index (χ1v) is 5.46. The van der Waals surface area contributed by atoms with E-state index >= 15 is 0 Å². The van der Waals surface area contributed by atoms with Gasteiger partial charge in [-0.1, -0.05) is 23.7 Å². The maximum atomic E-state index is 12.3. The number of hydrogen-bond donors (Lipinski definition) is 0. The first-order chi connectivity index (χ1) is 8.45. The summed E-state index contributed by atoms with van der Waals surface area (Å²) in [6.07, 6.45) is -1.88. The van der Waals surface area contributed by atoms with Gasteiger partial charge in [-0.2, -0.15) is 13.2 Å². The first kappa shape index (κ1) is 12.9. The maximum Gasteiger partial charge on any atom is 0.417 e. The average Bonchev–Trinajstić information content (AvgIpc) is 2.28. The zero-order valence-electron chi connectivity index (χ0n) is 9.08. The van der Waals surface area contributed by atoms with Gasteiger partial charge in [-0.25, -0.2) is 0 Å². The molecule has 1 heterocycles. The Morgan fingerprint density at radius 3 is 2.44 bits per heavy atom. The zero-order chi connectivity index (χ0) is 13.2. The smallest absolute Gasteiger partial charge is 0.260 e. The summed E-state index contributed by atoms with van der Waals surface area (Å²) < 4.78 is 37.0. The fraction of sp³-hybridized carbons (Fsp3) is 0.0769. The van der Waals surface area contributed by atoms with Crippen molar-refractivity contribution in [2.45, 2.75) is 6.18 Å². The van der Waals surface area contributed by atoms with Crippen molar-refractivity contribution >= 4 is 11.6 Å². The molecule has 0 aliphatic carbocycles. The number of halogens is 4. The molecule has 1 radical (unpaired) electrons. The fourth-order valence-electron chi connectivity index (χ4n) is 1.43. The van der Waals surface area contributed by atoms with Gasteiger partial charge in [-0.15, -0.1) is 0 Å². The predicted octanol–water partition coefficient (Wildman–Crippen LogP) is 4.35. The Morgan fingerprint density at radius 2 is 1.89 bits per heavy atom. The van der Waals surface area contributed by atoms with Crippen molar-refractivity contribution in [3.05, 3.63) is 70.9 Å². The monoisotopic (exact) mass is 270 g/mol. The second kappa shape index (κ2) is 4.98. The SMILES string of the molecule is FC(F)(F)c1ccc([CH]c2cccc(Cl)c2)nc1. The third kappa shape index (κ3) is 3.23. The van der Waals surface area contributed by atoms with Gasteiger partial charge in [0, 0.05) is 23.3 Å². The molecule has 0 atom stereocenters. The molecule has 18 heavy (non-hydrogen) atoms. The lowest BCUT2D eigenvalue weighted by Crippen LogP contribution is -2.05. The number of benzene rings is 1. The summed E-state index contributed by atoms with van der Waals surface area (Å²) in [7, 11) is 0. The van der Waals surface area contributed by atoms with Crippen LogP contribution < -0.4 is 0 Å². The van der Waals surface area contributed by atoms with Crippen LogP contribution in [0.1, 0.15) is 16.8 Å². The van der Waals surface area contributed by atoms with Crippen LogP contribution in [0.2, 0.25) is 5.02 Å². The van der Waals surface area contributed by atoms with Gasteiger partial charge in [0.25, 0.3) is 0 Å². The number of pyridine rings is 1. The third-order valence-electron chi connectivity index (χ3n) is 2.28. The van der Waals surface area contributed by atoms with Crippen LogP contribution in [0, 0.1) is 6.42 Å². The van der Waals surface area contributed by atoms with E-state index in [1.165, 1.54) is 6.07 Å². The summed E-state index contributed by atoms with van der Waals surface area (Å²) in [5.41, 5.74) is 0.478. The van der Waals surface area contributed by atoms with Gasteiger partial charge in [-0.3, -0.25) is 4.98 Å². The third-order valence-corrected chi connectivity index (χ3v) is 2.51. The molecular weight excluding hydrogens is 263 g/mol. The Labute approximate surface area is 107 Å². The summed E-state index contributed by atoms with van der Waals surface area (Å²) in [6.45, 7) is 0. The number of rotatable bonds is 2. The van der Waals surface area contributed by atoms with Gasteiger partial charge in [0.1, 0.15) is 0 Å². The summed E-state index contributed by atoms with van der Waals surface area (Å²) in [5.74, 6) is 0. The summed E-state index contributed by atoms with van der Waals surface area (Å²) in [6, 6.07) is 9.32. The first-order valence-electron chi connectivity index (χ1n) is 5.09. The second-order valence-electron chi connectivity index (χ2n) is 3.67. The molecule has 1 nitrogen and oxygen atoms in total. The van der Waals surface area contributed by atoms with Crippen molar-refractivity contribution in [2.24, 2.45) is 0 Å². The van der Waals surface area contributed by atoms with Crippen molar-refractivity contribution in [3.8, 4) is 0 Å². The number of nitrogens with zero attached hydrogens (tertiary/aromatic N) is 1. The Morgan fingerprint density at radius 1 is 1.11 bits per heavy atom. The molecule has 0 fully saturated rings. The van der Waals surface area contributed by atoms with Crippen molar-refractivity contribution in [1.82, 2.24) is 4.98 Å². The Bertz CT molecular complexity index is 535. The normalized spacial score (nSPS) is 11.6. The Hall–Kier alpha value is -1.55. The van der Waals surface area contributed by atoms with E-state index in [1.807, 2.05) is 0 Å². The van der Waals surface area contributed by atoms with Crippen molar-refractivity contribution in [2.75, 3.05) is 0 Å². The fourth-order valence-corrected chi connectivity index (χ4v) is 1.62. The number of alkyl halides is 3. The average molecular weight is 271 g/mol. The molecule has 2 aromatic rings. The highest BCUT2D eigenvalue weighted by molar-refractivity contribution is 6.30. The van der Waals surface area contributed by atoms with Crippen LogP contribution >= 0.6 is 11.6 Å². The molecule has 2 rings (SSSR count). The van der Waals surface area contributed by atoms with Gasteiger partial charge in [0.2, 0.25) is 0 Å². The molecule has 0 saturated heterocycles. The van der Waals surface area contributed by atoms with Crippen LogP contribution in [0.3, 0.4) is 0 Å². The molecule has 5 heteroatoms. The largest absolute Gasteiger partial charge is 0.417 e. The van der Waals surface area contributed by atoms with Crippen LogP contribution in [-0.2, 0) is 6.18 Å². The van der Waals surface area contributed by atoms with E-state index in [2.05, 4.69) is 4.98 Å². The Balaban J connectivity index is 2.16. The standard InChI is InChI=1S/C13H8ClF3N/c14-11-3-1-2-9(6-11)7-12-5-4-10(8-18-12)13(15,16)17/h1-8H. The van der Waals surface area contributed by atoms with E-state index in [0.717, 1.165) is 17.8 Å². The molecule has 0 unspecified atom stereocenters. The lowest BCUT2D eigenvalue weighted by Gasteiger charge is -2.06. The van der Waals surface area contributed by atoms with Crippen LogP contribution in [0.15, 0.2) is 42.6 Å². The van der Waals surface area contributed by atoms with E-state index in [4.69, 9.17) is 11.6 Å². The van der Waals surface area contributed by atoms with Crippen molar-refractivity contribution < 1.29 is 13.2 Å². The molecule has 0 spiro atoms. The summed E-state index contributed by atoms with van der Waals surface area (Å²) in [5, 5.41) is 0.565. The minimum Gasteiger partial charge on any atom is -0.260 e. The minimum atomic E-state index is -4.36. The molecule has 0 N–H and O–H groups in total. The molecule has 0 saturated carbocycles. The van der Waals surface area contributed by atoms with Gasteiger partial charge in [-0.05, 0) is 29.8 Å².